The standard InChI is InChI=1S/C19H21N5O2S/c1-11(25)21-12-2-3-13-14(8-12)27-17(22-13)23-16-20-9-19(26-16)10-24-7-6-18(24)5-4-15(18)19/h2-3,8,15H,4-7,9-10H2,1H3,(H,21,25)(H,20,22,23)/t15?,18?,19-/m0/s1. The quantitative estimate of drug-likeness (QED) is 0.834. The number of amides is 1. The molecule has 0 bridgehead atoms. The largest absolute Gasteiger partial charge is 0.455 e. The van der Waals surface area contributed by atoms with Crippen LogP contribution in [0.4, 0.5) is 10.8 Å². The van der Waals surface area contributed by atoms with Crippen LogP contribution in [0.2, 0.25) is 0 Å². The fraction of sp³-hybridized carbons (Fsp3) is 0.526. The molecule has 6 rings (SSSR count). The second-order valence-electron chi connectivity index (χ2n) is 8.16. The Labute approximate surface area is 160 Å². The fourth-order valence-corrected chi connectivity index (χ4v) is 6.32. The van der Waals surface area contributed by atoms with Crippen molar-refractivity contribution in [3.8, 4) is 0 Å². The van der Waals surface area contributed by atoms with E-state index in [0.29, 0.717) is 17.5 Å². The molecule has 3 fully saturated rings. The molecule has 27 heavy (non-hydrogen) atoms. The molecule has 0 radical (unpaired) electrons. The van der Waals surface area contributed by atoms with Gasteiger partial charge < -0.3 is 10.1 Å². The van der Waals surface area contributed by atoms with E-state index in [2.05, 4.69) is 25.5 Å². The molecule has 3 aliphatic heterocycles. The number of carbonyl (C=O) groups excluding carboxylic acids is 1. The van der Waals surface area contributed by atoms with Crippen LogP contribution in [0, 0.1) is 5.92 Å². The minimum absolute atomic E-state index is 0.0775. The third kappa shape index (κ3) is 2.14. The summed E-state index contributed by atoms with van der Waals surface area (Å²) in [6.07, 6.45) is 3.90. The molecule has 140 valence electrons. The van der Waals surface area contributed by atoms with Gasteiger partial charge >= 0.3 is 0 Å². The first kappa shape index (κ1) is 15.8. The molecule has 8 heteroatoms. The summed E-state index contributed by atoms with van der Waals surface area (Å²) >= 11 is 1.54. The Morgan fingerprint density at radius 1 is 1.41 bits per heavy atom. The van der Waals surface area contributed by atoms with E-state index in [1.807, 2.05) is 18.2 Å². The van der Waals surface area contributed by atoms with Crippen molar-refractivity contribution in [3.63, 3.8) is 0 Å². The minimum Gasteiger partial charge on any atom is -0.455 e. The molecule has 3 atom stereocenters. The van der Waals surface area contributed by atoms with Crippen LogP contribution in [0.25, 0.3) is 10.2 Å². The van der Waals surface area contributed by atoms with Crippen molar-refractivity contribution in [1.82, 2.24) is 9.88 Å². The molecule has 2 unspecified atom stereocenters. The third-order valence-corrected chi connectivity index (χ3v) is 7.70. The van der Waals surface area contributed by atoms with Gasteiger partial charge in [-0.1, -0.05) is 11.3 Å². The van der Waals surface area contributed by atoms with Crippen LogP contribution >= 0.6 is 11.3 Å². The molecule has 1 aromatic heterocycles. The lowest BCUT2D eigenvalue weighted by atomic mass is 9.58. The normalized spacial score (nSPS) is 33.7. The van der Waals surface area contributed by atoms with Gasteiger partial charge in [0.2, 0.25) is 5.91 Å². The third-order valence-electron chi connectivity index (χ3n) is 6.77. The van der Waals surface area contributed by atoms with E-state index in [-0.39, 0.29) is 11.5 Å². The zero-order valence-corrected chi connectivity index (χ0v) is 15.9. The molecule has 1 saturated carbocycles. The Balaban J connectivity index is 1.20. The second kappa shape index (κ2) is 5.20. The van der Waals surface area contributed by atoms with Crippen molar-refractivity contribution in [2.45, 2.75) is 37.3 Å². The Kier molecular flexibility index (Phi) is 3.05. The van der Waals surface area contributed by atoms with E-state index < -0.39 is 0 Å². The van der Waals surface area contributed by atoms with E-state index >= 15 is 0 Å². The van der Waals surface area contributed by atoms with E-state index in [0.717, 1.165) is 34.1 Å². The van der Waals surface area contributed by atoms with Crippen molar-refractivity contribution in [2.24, 2.45) is 10.9 Å². The number of aliphatic imine (C=N–C) groups is 1. The van der Waals surface area contributed by atoms with E-state index in [4.69, 9.17) is 4.74 Å². The topological polar surface area (TPSA) is 78.8 Å². The monoisotopic (exact) mass is 383 g/mol. The number of anilines is 2. The Bertz CT molecular complexity index is 999. The number of thiazole rings is 1. The Morgan fingerprint density at radius 2 is 2.33 bits per heavy atom. The van der Waals surface area contributed by atoms with Gasteiger partial charge in [-0.2, -0.15) is 0 Å². The van der Waals surface area contributed by atoms with Crippen molar-refractivity contribution >= 4 is 44.3 Å². The second-order valence-corrected chi connectivity index (χ2v) is 9.19. The first-order valence-corrected chi connectivity index (χ1v) is 10.3. The lowest BCUT2D eigenvalue weighted by Gasteiger charge is -2.58. The molecule has 2 N–H and O–H groups in total. The van der Waals surface area contributed by atoms with Crippen molar-refractivity contribution in [3.05, 3.63) is 18.2 Å². The molecule has 2 saturated heterocycles. The molecule has 4 heterocycles. The first-order valence-electron chi connectivity index (χ1n) is 9.50. The van der Waals surface area contributed by atoms with E-state index in [1.54, 1.807) is 0 Å². The summed E-state index contributed by atoms with van der Waals surface area (Å²) < 4.78 is 7.42. The number of carbonyl (C=O) groups is 1. The number of fused-ring (bicyclic) bond motifs is 2. The number of nitrogens with one attached hydrogen (secondary N) is 2. The van der Waals surface area contributed by atoms with Gasteiger partial charge in [-0.3, -0.25) is 15.0 Å². The number of amidine groups is 1. The van der Waals surface area contributed by atoms with Crippen LogP contribution in [0.3, 0.4) is 0 Å². The maximum absolute atomic E-state index is 11.2. The summed E-state index contributed by atoms with van der Waals surface area (Å²) in [7, 11) is 0. The molecule has 1 aliphatic carbocycles. The van der Waals surface area contributed by atoms with Crippen LogP contribution in [0.15, 0.2) is 23.2 Å². The first-order chi connectivity index (χ1) is 13.1. The average molecular weight is 383 g/mol. The smallest absolute Gasteiger partial charge is 0.291 e. The maximum atomic E-state index is 11.2. The van der Waals surface area contributed by atoms with Gasteiger partial charge in [0.05, 0.1) is 16.8 Å². The van der Waals surface area contributed by atoms with Crippen LogP contribution in [-0.2, 0) is 9.53 Å². The van der Waals surface area contributed by atoms with Crippen LogP contribution in [0.5, 0.6) is 0 Å². The zero-order valence-electron chi connectivity index (χ0n) is 15.1. The highest BCUT2D eigenvalue weighted by molar-refractivity contribution is 7.22. The molecular formula is C19H21N5O2S. The van der Waals surface area contributed by atoms with E-state index in [9.17, 15) is 4.79 Å². The molecule has 4 aliphatic rings. The lowest BCUT2D eigenvalue weighted by Crippen LogP contribution is -2.64. The Hall–Kier alpha value is -2.19. The fourth-order valence-electron chi connectivity index (χ4n) is 5.42. The highest BCUT2D eigenvalue weighted by Gasteiger charge is 2.71. The van der Waals surface area contributed by atoms with Gasteiger partial charge in [0, 0.05) is 37.2 Å². The number of ether oxygens (including phenoxy) is 1. The van der Waals surface area contributed by atoms with E-state index in [1.165, 1.54) is 44.1 Å². The van der Waals surface area contributed by atoms with Crippen LogP contribution in [-0.4, -0.2) is 52.6 Å². The number of benzene rings is 1. The zero-order chi connectivity index (χ0) is 18.2. The SMILES string of the molecule is CC(=O)Nc1ccc2nc(NC3=NC[C@@]4(CN5CCC56CCC64)O3)sc2c1. The van der Waals surface area contributed by atoms with Crippen molar-refractivity contribution in [1.29, 1.82) is 0 Å². The van der Waals surface area contributed by atoms with Crippen LogP contribution < -0.4 is 10.6 Å². The van der Waals surface area contributed by atoms with Gasteiger partial charge in [0.25, 0.3) is 6.02 Å². The van der Waals surface area contributed by atoms with Crippen LogP contribution in [0.1, 0.15) is 26.2 Å². The number of rotatable bonds is 2. The molecule has 1 amide bonds. The summed E-state index contributed by atoms with van der Waals surface area (Å²) in [5.41, 5.74) is 1.98. The van der Waals surface area contributed by atoms with Gasteiger partial charge in [-0.15, -0.1) is 0 Å². The summed E-state index contributed by atoms with van der Waals surface area (Å²) in [4.78, 5) is 23.1. The van der Waals surface area contributed by atoms with Gasteiger partial charge in [-0.05, 0) is 37.5 Å². The summed E-state index contributed by atoms with van der Waals surface area (Å²) in [6, 6.07) is 6.32. The van der Waals surface area contributed by atoms with Crippen molar-refractivity contribution in [2.75, 3.05) is 30.3 Å². The molecule has 2 spiro atoms. The highest BCUT2D eigenvalue weighted by Crippen LogP contribution is 2.62. The van der Waals surface area contributed by atoms with Crippen molar-refractivity contribution < 1.29 is 9.53 Å². The molecule has 2 aromatic rings. The average Bonchev–Trinajstić information content (AvgIpc) is 3.17. The van der Waals surface area contributed by atoms with Gasteiger partial charge in [0.15, 0.2) is 5.13 Å². The molecular weight excluding hydrogens is 362 g/mol. The highest BCUT2D eigenvalue weighted by atomic mass is 32.1. The summed E-state index contributed by atoms with van der Waals surface area (Å²) in [6.45, 7) is 4.47. The molecule has 1 aromatic carbocycles. The number of nitrogens with zero attached hydrogens (tertiary/aromatic N) is 3. The maximum Gasteiger partial charge on any atom is 0.291 e. The Morgan fingerprint density at radius 3 is 3.04 bits per heavy atom. The summed E-state index contributed by atoms with van der Waals surface area (Å²) in [5, 5.41) is 6.85. The number of aromatic nitrogens is 1. The number of hydrogen-bond donors (Lipinski definition) is 2. The van der Waals surface area contributed by atoms with Gasteiger partial charge in [-0.25, -0.2) is 9.98 Å². The number of hydrogen-bond acceptors (Lipinski definition) is 7. The lowest BCUT2D eigenvalue weighted by molar-refractivity contribution is -0.114. The minimum atomic E-state index is -0.133. The van der Waals surface area contributed by atoms with Gasteiger partial charge in [0.1, 0.15) is 5.60 Å². The molecule has 7 nitrogen and oxygen atoms in total. The summed E-state index contributed by atoms with van der Waals surface area (Å²) in [5.74, 6) is 0.545. The predicted molar refractivity (Wildman–Crippen MR) is 105 cm³/mol. The predicted octanol–water partition coefficient (Wildman–Crippen LogP) is 2.66.